The standard InChI is InChI=1S/C13H12BrFO4/c1-13(2)18-11-7(6-9(14)15)4-5-8(17-3)10(11)12(16)19-13/h4-6H,1-3H3/b9-6-. The molecule has 0 fully saturated rings. The van der Waals surface area contributed by atoms with E-state index in [0.717, 1.165) is 0 Å². The SMILES string of the molecule is COc1ccc(/C=C(\F)Br)c2c1C(=O)OC(C)(C)O2. The van der Waals surface area contributed by atoms with E-state index in [1.165, 1.54) is 13.2 Å². The number of hydrogen-bond donors (Lipinski definition) is 0. The monoisotopic (exact) mass is 330 g/mol. The molecule has 1 aliphatic heterocycles. The molecule has 1 heterocycles. The van der Waals surface area contributed by atoms with Crippen molar-refractivity contribution in [2.45, 2.75) is 19.6 Å². The van der Waals surface area contributed by atoms with Gasteiger partial charge in [0, 0.05) is 19.4 Å². The van der Waals surface area contributed by atoms with E-state index in [0.29, 0.717) is 11.3 Å². The quantitative estimate of drug-likeness (QED) is 0.776. The molecule has 0 unspecified atom stereocenters. The van der Waals surface area contributed by atoms with Gasteiger partial charge in [0.15, 0.2) is 4.74 Å². The van der Waals surface area contributed by atoms with Crippen LogP contribution in [-0.4, -0.2) is 18.9 Å². The molecule has 0 radical (unpaired) electrons. The molecule has 4 nitrogen and oxygen atoms in total. The molecule has 1 aliphatic rings. The zero-order valence-electron chi connectivity index (χ0n) is 10.6. The summed E-state index contributed by atoms with van der Waals surface area (Å²) >= 11 is 2.71. The van der Waals surface area contributed by atoms with Crippen molar-refractivity contribution in [1.29, 1.82) is 0 Å². The lowest BCUT2D eigenvalue weighted by molar-refractivity contribution is -0.127. The van der Waals surface area contributed by atoms with Gasteiger partial charge in [0.05, 0.1) is 7.11 Å². The number of hydrogen-bond acceptors (Lipinski definition) is 4. The highest BCUT2D eigenvalue weighted by Crippen LogP contribution is 2.40. The van der Waals surface area contributed by atoms with Crippen molar-refractivity contribution in [3.8, 4) is 11.5 Å². The van der Waals surface area contributed by atoms with E-state index in [4.69, 9.17) is 14.2 Å². The number of esters is 1. The number of rotatable bonds is 2. The minimum atomic E-state index is -1.11. The van der Waals surface area contributed by atoms with Crippen LogP contribution in [0.3, 0.4) is 0 Å². The van der Waals surface area contributed by atoms with Gasteiger partial charge in [0.2, 0.25) is 5.79 Å². The zero-order chi connectivity index (χ0) is 14.2. The van der Waals surface area contributed by atoms with Crippen molar-refractivity contribution in [3.05, 3.63) is 28.0 Å². The van der Waals surface area contributed by atoms with Crippen LogP contribution in [0, 0.1) is 0 Å². The van der Waals surface area contributed by atoms with Gasteiger partial charge in [-0.1, -0.05) is 0 Å². The summed E-state index contributed by atoms with van der Waals surface area (Å²) in [4.78, 5) is 12.0. The van der Waals surface area contributed by atoms with Crippen molar-refractivity contribution in [3.63, 3.8) is 0 Å². The Bertz CT molecular complexity index is 562. The van der Waals surface area contributed by atoms with E-state index < -0.39 is 16.5 Å². The molecule has 0 saturated heterocycles. The van der Waals surface area contributed by atoms with E-state index in [-0.39, 0.29) is 11.3 Å². The topological polar surface area (TPSA) is 44.8 Å². The molecule has 0 saturated carbocycles. The van der Waals surface area contributed by atoms with Crippen molar-refractivity contribution < 1.29 is 23.4 Å². The first-order chi connectivity index (χ1) is 8.84. The molecule has 2 rings (SSSR count). The maximum Gasteiger partial charge on any atom is 0.349 e. The maximum absolute atomic E-state index is 13.0. The third-order valence-electron chi connectivity index (χ3n) is 2.52. The van der Waals surface area contributed by atoms with E-state index in [1.54, 1.807) is 26.0 Å². The van der Waals surface area contributed by atoms with Crippen molar-refractivity contribution >= 4 is 28.0 Å². The summed E-state index contributed by atoms with van der Waals surface area (Å²) in [5.41, 5.74) is 0.583. The minimum absolute atomic E-state index is 0.157. The summed E-state index contributed by atoms with van der Waals surface area (Å²) in [5.74, 6) is -1.10. The molecular weight excluding hydrogens is 319 g/mol. The van der Waals surface area contributed by atoms with Crippen LogP contribution in [0.15, 0.2) is 16.9 Å². The number of carbonyl (C=O) groups excluding carboxylic acids is 1. The Labute approximate surface area is 118 Å². The Balaban J connectivity index is 2.67. The fourth-order valence-corrected chi connectivity index (χ4v) is 2.07. The Morgan fingerprint density at radius 3 is 2.68 bits per heavy atom. The van der Waals surface area contributed by atoms with Gasteiger partial charge in [0.1, 0.15) is 17.1 Å². The van der Waals surface area contributed by atoms with Gasteiger partial charge in [-0.05, 0) is 34.1 Å². The molecule has 0 bridgehead atoms. The Morgan fingerprint density at radius 1 is 1.42 bits per heavy atom. The van der Waals surface area contributed by atoms with Crippen LogP contribution in [0.2, 0.25) is 0 Å². The average molecular weight is 331 g/mol. The average Bonchev–Trinajstić information content (AvgIpc) is 2.28. The normalized spacial score (nSPS) is 17.3. The Kier molecular flexibility index (Phi) is 3.54. The highest BCUT2D eigenvalue weighted by atomic mass is 79.9. The Morgan fingerprint density at radius 2 is 2.11 bits per heavy atom. The molecule has 19 heavy (non-hydrogen) atoms. The summed E-state index contributed by atoms with van der Waals surface area (Å²) in [5, 5.41) is 0. The first kappa shape index (κ1) is 13.9. The molecular formula is C13H12BrFO4. The van der Waals surface area contributed by atoms with E-state index in [1.807, 2.05) is 0 Å². The number of cyclic esters (lactones) is 1. The number of ether oxygens (including phenoxy) is 3. The third kappa shape index (κ3) is 2.73. The largest absolute Gasteiger partial charge is 0.496 e. The zero-order valence-corrected chi connectivity index (χ0v) is 12.2. The predicted molar refractivity (Wildman–Crippen MR) is 71.1 cm³/mol. The molecule has 102 valence electrons. The molecule has 0 N–H and O–H groups in total. The number of carbonyl (C=O) groups is 1. The highest BCUT2D eigenvalue weighted by Gasteiger charge is 2.37. The summed E-state index contributed by atoms with van der Waals surface area (Å²) in [6, 6.07) is 3.16. The van der Waals surface area contributed by atoms with Crippen LogP contribution in [0.25, 0.3) is 6.08 Å². The summed E-state index contributed by atoms with van der Waals surface area (Å²) in [7, 11) is 1.43. The van der Waals surface area contributed by atoms with Crippen molar-refractivity contribution in [2.24, 2.45) is 0 Å². The van der Waals surface area contributed by atoms with Crippen LogP contribution in [0.4, 0.5) is 4.39 Å². The molecule has 0 amide bonds. The van der Waals surface area contributed by atoms with E-state index >= 15 is 0 Å². The first-order valence-electron chi connectivity index (χ1n) is 5.50. The molecule has 0 atom stereocenters. The number of benzene rings is 1. The van der Waals surface area contributed by atoms with Gasteiger partial charge in [-0.15, -0.1) is 0 Å². The van der Waals surface area contributed by atoms with Gasteiger partial charge >= 0.3 is 5.97 Å². The lowest BCUT2D eigenvalue weighted by Gasteiger charge is -2.33. The molecule has 1 aromatic carbocycles. The fraction of sp³-hybridized carbons (Fsp3) is 0.308. The summed E-state index contributed by atoms with van der Waals surface area (Å²) in [6.45, 7) is 3.20. The fourth-order valence-electron chi connectivity index (χ4n) is 1.83. The lowest BCUT2D eigenvalue weighted by atomic mass is 10.1. The van der Waals surface area contributed by atoms with Crippen LogP contribution in [-0.2, 0) is 4.74 Å². The third-order valence-corrected chi connectivity index (χ3v) is 2.75. The number of methoxy groups -OCH3 is 1. The van der Waals surface area contributed by atoms with Crippen LogP contribution >= 0.6 is 15.9 Å². The minimum Gasteiger partial charge on any atom is -0.496 e. The van der Waals surface area contributed by atoms with Gasteiger partial charge in [-0.25, -0.2) is 4.79 Å². The van der Waals surface area contributed by atoms with Crippen molar-refractivity contribution in [2.75, 3.05) is 7.11 Å². The van der Waals surface area contributed by atoms with E-state index in [9.17, 15) is 9.18 Å². The van der Waals surface area contributed by atoms with Crippen LogP contribution in [0.1, 0.15) is 29.8 Å². The molecule has 0 aromatic heterocycles. The summed E-state index contributed by atoms with van der Waals surface area (Å²) in [6.07, 6.45) is 1.22. The smallest absolute Gasteiger partial charge is 0.349 e. The maximum atomic E-state index is 13.0. The van der Waals surface area contributed by atoms with Gasteiger partial charge in [-0.3, -0.25) is 0 Å². The predicted octanol–water partition coefficient (Wildman–Crippen LogP) is 3.64. The summed E-state index contributed by atoms with van der Waals surface area (Å²) < 4.78 is 28.3. The van der Waals surface area contributed by atoms with Gasteiger partial charge < -0.3 is 14.2 Å². The molecule has 6 heteroatoms. The number of fused-ring (bicyclic) bond motifs is 1. The first-order valence-corrected chi connectivity index (χ1v) is 6.29. The van der Waals surface area contributed by atoms with Gasteiger partial charge in [0.25, 0.3) is 0 Å². The molecule has 1 aromatic rings. The Hall–Kier alpha value is -1.56. The van der Waals surface area contributed by atoms with Gasteiger partial charge in [-0.2, -0.15) is 4.39 Å². The molecule has 0 spiro atoms. The second kappa shape index (κ2) is 4.85. The number of halogens is 2. The lowest BCUT2D eigenvalue weighted by Crippen LogP contribution is -2.39. The molecule has 0 aliphatic carbocycles. The van der Waals surface area contributed by atoms with Crippen molar-refractivity contribution in [1.82, 2.24) is 0 Å². The van der Waals surface area contributed by atoms with Crippen LogP contribution < -0.4 is 9.47 Å². The second-order valence-electron chi connectivity index (χ2n) is 4.39. The second-order valence-corrected chi connectivity index (χ2v) is 5.14. The van der Waals surface area contributed by atoms with Crippen LogP contribution in [0.5, 0.6) is 11.5 Å². The van der Waals surface area contributed by atoms with E-state index in [2.05, 4.69) is 15.9 Å². The highest BCUT2D eigenvalue weighted by molar-refractivity contribution is 9.11.